The molecule has 2 aromatic carbocycles. The number of likely N-dealkylation sites (N-methyl/N-ethyl adjacent to an activating group) is 1. The lowest BCUT2D eigenvalue weighted by molar-refractivity contribution is 0.566. The summed E-state index contributed by atoms with van der Waals surface area (Å²) in [5.41, 5.74) is 7.13. The van der Waals surface area contributed by atoms with Crippen molar-refractivity contribution in [3.05, 3.63) is 95.1 Å². The largest absolute Gasteiger partial charge is 0.366 e. The second-order valence-corrected chi connectivity index (χ2v) is 10.1. The highest BCUT2D eigenvalue weighted by molar-refractivity contribution is 7.80. The fourth-order valence-electron chi connectivity index (χ4n) is 5.11. The molecule has 34 heavy (non-hydrogen) atoms. The molecule has 1 saturated heterocycles. The Kier molecular flexibility index (Phi) is 5.44. The molecule has 0 amide bonds. The first kappa shape index (κ1) is 22.5. The lowest BCUT2D eigenvalue weighted by Gasteiger charge is -2.41. The van der Waals surface area contributed by atoms with E-state index >= 15 is 0 Å². The summed E-state index contributed by atoms with van der Waals surface area (Å²) in [6.45, 7) is 8.40. The first-order chi connectivity index (χ1) is 16.2. The van der Waals surface area contributed by atoms with E-state index < -0.39 is 0 Å². The van der Waals surface area contributed by atoms with Crippen LogP contribution in [0.25, 0.3) is 5.57 Å². The number of hydrogen-bond donors (Lipinski definition) is 1. The van der Waals surface area contributed by atoms with Gasteiger partial charge in [-0.3, -0.25) is 4.98 Å². The number of allylic oxidation sites excluding steroid dienone is 1. The fourth-order valence-corrected chi connectivity index (χ4v) is 5.46. The Morgan fingerprint density at radius 3 is 2.56 bits per heavy atom. The summed E-state index contributed by atoms with van der Waals surface area (Å²) in [7, 11) is 2.14. The van der Waals surface area contributed by atoms with Crippen LogP contribution < -0.4 is 15.1 Å². The number of pyridine rings is 1. The zero-order chi connectivity index (χ0) is 24.2. The van der Waals surface area contributed by atoms with E-state index in [9.17, 15) is 4.39 Å². The number of fused-ring (bicyclic) bond motifs is 1. The van der Waals surface area contributed by atoms with E-state index in [1.54, 1.807) is 19.2 Å². The van der Waals surface area contributed by atoms with Crippen LogP contribution in [0.2, 0.25) is 0 Å². The second-order valence-electron chi connectivity index (χ2n) is 9.75. The van der Waals surface area contributed by atoms with Crippen molar-refractivity contribution in [3.8, 4) is 0 Å². The minimum Gasteiger partial charge on any atom is -0.366 e. The summed E-state index contributed by atoms with van der Waals surface area (Å²) in [6.07, 6.45) is 4.12. The first-order valence-corrected chi connectivity index (χ1v) is 11.9. The van der Waals surface area contributed by atoms with E-state index in [1.807, 2.05) is 24.3 Å². The van der Waals surface area contributed by atoms with Crippen molar-refractivity contribution in [3.63, 3.8) is 0 Å². The molecule has 0 saturated carbocycles. The molecule has 174 valence electrons. The highest BCUT2D eigenvalue weighted by Gasteiger charge is 2.41. The summed E-state index contributed by atoms with van der Waals surface area (Å²) in [6, 6.07) is 17.5. The van der Waals surface area contributed by atoms with E-state index in [2.05, 4.69) is 72.2 Å². The van der Waals surface area contributed by atoms with E-state index in [4.69, 9.17) is 12.2 Å². The highest BCUT2D eigenvalue weighted by Crippen LogP contribution is 2.45. The van der Waals surface area contributed by atoms with Gasteiger partial charge in [-0.15, -0.1) is 0 Å². The summed E-state index contributed by atoms with van der Waals surface area (Å²) >= 11 is 5.82. The molecule has 3 heterocycles. The van der Waals surface area contributed by atoms with Gasteiger partial charge >= 0.3 is 0 Å². The van der Waals surface area contributed by atoms with Gasteiger partial charge < -0.3 is 15.1 Å². The van der Waals surface area contributed by atoms with Crippen molar-refractivity contribution in [2.75, 3.05) is 16.8 Å². The molecule has 1 N–H and O–H groups in total. The maximum atomic E-state index is 14.1. The maximum Gasteiger partial charge on any atom is 0.174 e. The SMILES string of the molecule is CC1=CC(C)(C)N(C)c2ccc([C@@H]3[C@@H](c4ccccn4)NC(=S)N3c3ccc(F)c(C)c3)cc21. The minimum atomic E-state index is -0.222. The van der Waals surface area contributed by atoms with Gasteiger partial charge in [-0.1, -0.05) is 18.2 Å². The predicted molar refractivity (Wildman–Crippen MR) is 142 cm³/mol. The number of thiocarbonyl (C=S) groups is 1. The van der Waals surface area contributed by atoms with E-state index in [-0.39, 0.29) is 23.4 Å². The lowest BCUT2D eigenvalue weighted by atomic mass is 9.86. The van der Waals surface area contributed by atoms with Gasteiger partial charge in [0.2, 0.25) is 0 Å². The summed E-state index contributed by atoms with van der Waals surface area (Å²) in [5.74, 6) is -0.222. The second kappa shape index (κ2) is 8.20. The molecule has 1 fully saturated rings. The lowest BCUT2D eigenvalue weighted by Crippen LogP contribution is -2.42. The molecule has 2 aliphatic rings. The number of hydrogen-bond acceptors (Lipinski definition) is 3. The Morgan fingerprint density at radius 2 is 1.85 bits per heavy atom. The van der Waals surface area contributed by atoms with Crippen LogP contribution in [-0.2, 0) is 0 Å². The monoisotopic (exact) mass is 472 g/mol. The number of anilines is 2. The molecule has 3 aromatic rings. The molecule has 5 rings (SSSR count). The van der Waals surface area contributed by atoms with Gasteiger partial charge in [0.25, 0.3) is 0 Å². The van der Waals surface area contributed by atoms with Gasteiger partial charge in [-0.25, -0.2) is 4.39 Å². The third-order valence-electron chi connectivity index (χ3n) is 7.10. The van der Waals surface area contributed by atoms with Crippen molar-refractivity contribution in [2.24, 2.45) is 0 Å². The molecule has 0 radical (unpaired) electrons. The zero-order valence-corrected chi connectivity index (χ0v) is 20.9. The molecule has 2 aliphatic heterocycles. The molecular weight excluding hydrogens is 443 g/mol. The van der Waals surface area contributed by atoms with Crippen LogP contribution in [0.1, 0.15) is 55.2 Å². The van der Waals surface area contributed by atoms with Gasteiger partial charge in [-0.05, 0) is 99.1 Å². The Balaban J connectivity index is 1.67. The normalized spacial score (nSPS) is 21.2. The third-order valence-corrected chi connectivity index (χ3v) is 7.41. The van der Waals surface area contributed by atoms with Gasteiger partial charge in [0.05, 0.1) is 23.3 Å². The zero-order valence-electron chi connectivity index (χ0n) is 20.1. The summed E-state index contributed by atoms with van der Waals surface area (Å²) in [5, 5.41) is 4.10. The van der Waals surface area contributed by atoms with Crippen LogP contribution in [0.5, 0.6) is 0 Å². The van der Waals surface area contributed by atoms with Crippen molar-refractivity contribution >= 4 is 34.3 Å². The molecular formula is C28H29FN4S. The summed E-state index contributed by atoms with van der Waals surface area (Å²) in [4.78, 5) is 9.04. The molecule has 0 bridgehead atoms. The topological polar surface area (TPSA) is 31.4 Å². The van der Waals surface area contributed by atoms with Crippen LogP contribution in [0.4, 0.5) is 15.8 Å². The van der Waals surface area contributed by atoms with Crippen LogP contribution in [-0.4, -0.2) is 22.7 Å². The van der Waals surface area contributed by atoms with Crippen molar-refractivity contribution in [2.45, 2.75) is 45.3 Å². The number of halogens is 1. The summed E-state index contributed by atoms with van der Waals surface area (Å²) < 4.78 is 14.1. The molecule has 1 aromatic heterocycles. The molecule has 0 spiro atoms. The van der Waals surface area contributed by atoms with Crippen molar-refractivity contribution in [1.82, 2.24) is 10.3 Å². The molecule has 2 atom stereocenters. The van der Waals surface area contributed by atoms with Gasteiger partial charge in [0, 0.05) is 30.2 Å². The Bertz CT molecular complexity index is 1300. The van der Waals surface area contributed by atoms with E-state index in [0.717, 1.165) is 16.9 Å². The molecule has 4 nitrogen and oxygen atoms in total. The van der Waals surface area contributed by atoms with E-state index in [0.29, 0.717) is 10.7 Å². The number of aromatic nitrogens is 1. The standard InChI is InChI=1S/C28H29FN4S/c1-17-14-20(10-11-22(17)29)33-26(25(31-27(33)34)23-8-6-7-13-30-23)19-9-12-24-21(15-19)18(2)16-28(3,4)32(24)5/h6-16,25-26H,1-5H3,(H,31,34)/t25-,26-/m1/s1. The Hall–Kier alpha value is -3.25. The number of aryl methyl sites for hydroxylation is 1. The highest BCUT2D eigenvalue weighted by atomic mass is 32.1. The number of nitrogens with one attached hydrogen (secondary N) is 1. The minimum absolute atomic E-state index is 0.0523. The van der Waals surface area contributed by atoms with Crippen molar-refractivity contribution in [1.29, 1.82) is 0 Å². The maximum absolute atomic E-state index is 14.1. The van der Waals surface area contributed by atoms with Crippen LogP contribution in [0.15, 0.2) is 66.9 Å². The predicted octanol–water partition coefficient (Wildman–Crippen LogP) is 6.34. The third kappa shape index (κ3) is 3.66. The number of rotatable bonds is 3. The van der Waals surface area contributed by atoms with Gasteiger partial charge in [-0.2, -0.15) is 0 Å². The molecule has 6 heteroatoms. The van der Waals surface area contributed by atoms with Crippen LogP contribution in [0.3, 0.4) is 0 Å². The van der Waals surface area contributed by atoms with E-state index in [1.165, 1.54) is 22.9 Å². The van der Waals surface area contributed by atoms with Gasteiger partial charge in [0.1, 0.15) is 5.82 Å². The quantitative estimate of drug-likeness (QED) is 0.450. The average Bonchev–Trinajstić information content (AvgIpc) is 3.16. The first-order valence-electron chi connectivity index (χ1n) is 11.5. The number of nitrogens with zero attached hydrogens (tertiary/aromatic N) is 3. The van der Waals surface area contributed by atoms with Crippen LogP contribution >= 0.6 is 12.2 Å². The smallest absolute Gasteiger partial charge is 0.174 e. The van der Waals surface area contributed by atoms with Crippen molar-refractivity contribution < 1.29 is 4.39 Å². The Labute approximate surface area is 206 Å². The molecule has 0 unspecified atom stereocenters. The average molecular weight is 473 g/mol. The molecule has 0 aliphatic carbocycles. The number of benzene rings is 2. The Morgan fingerprint density at radius 1 is 1.06 bits per heavy atom. The fraction of sp³-hybridized carbons (Fsp3) is 0.286. The van der Waals surface area contributed by atoms with Crippen LogP contribution in [0, 0.1) is 12.7 Å². The van der Waals surface area contributed by atoms with Gasteiger partial charge in [0.15, 0.2) is 5.11 Å².